The van der Waals surface area contributed by atoms with Gasteiger partial charge in [-0.1, -0.05) is 26.7 Å². The number of aromatic nitrogens is 2. The topological polar surface area (TPSA) is 86.9 Å². The molecule has 6 nitrogen and oxygen atoms in total. The van der Waals surface area contributed by atoms with E-state index in [9.17, 15) is 8.42 Å². The summed E-state index contributed by atoms with van der Waals surface area (Å²) in [7, 11) is -1.77. The van der Waals surface area contributed by atoms with Gasteiger partial charge in [-0.15, -0.1) is 0 Å². The first-order chi connectivity index (χ1) is 9.37. The number of H-pyrrole nitrogens is 1. The Morgan fingerprint density at radius 2 is 2.20 bits per heavy atom. The van der Waals surface area contributed by atoms with E-state index in [1.165, 1.54) is 6.42 Å². The molecule has 0 saturated heterocycles. The second-order valence-electron chi connectivity index (χ2n) is 6.16. The van der Waals surface area contributed by atoms with E-state index in [-0.39, 0.29) is 16.5 Å². The highest BCUT2D eigenvalue weighted by molar-refractivity contribution is 7.89. The maximum atomic E-state index is 12.5. The fourth-order valence-electron chi connectivity index (χ4n) is 2.81. The zero-order chi connectivity index (χ0) is 14.8. The predicted octanol–water partition coefficient (Wildman–Crippen LogP) is 1.38. The second kappa shape index (κ2) is 5.83. The number of sulfonamides is 1. The summed E-state index contributed by atoms with van der Waals surface area (Å²) in [6.45, 7) is 4.72. The zero-order valence-electron chi connectivity index (χ0n) is 12.4. The molecule has 3 N–H and O–H groups in total. The molecule has 1 heterocycles. The van der Waals surface area contributed by atoms with Crippen molar-refractivity contribution in [1.82, 2.24) is 20.2 Å². The molecule has 114 valence electrons. The molecule has 1 aliphatic rings. The smallest absolute Gasteiger partial charge is 0.258 e. The third-order valence-corrected chi connectivity index (χ3v) is 5.60. The molecule has 1 aromatic heterocycles. The first kappa shape index (κ1) is 15.5. The normalized spacial score (nSPS) is 22.9. The molecule has 0 aromatic carbocycles. The lowest BCUT2D eigenvalue weighted by molar-refractivity contribution is 0.188. The third-order valence-electron chi connectivity index (χ3n) is 4.12. The molecule has 0 spiro atoms. The fraction of sp³-hybridized carbons (Fsp3) is 0.769. The Morgan fingerprint density at radius 1 is 1.45 bits per heavy atom. The van der Waals surface area contributed by atoms with E-state index in [1.807, 2.05) is 0 Å². The van der Waals surface area contributed by atoms with E-state index in [4.69, 9.17) is 0 Å². The largest absolute Gasteiger partial charge is 0.316 e. The van der Waals surface area contributed by atoms with E-state index in [2.05, 4.69) is 34.1 Å². The summed E-state index contributed by atoms with van der Waals surface area (Å²) >= 11 is 0. The van der Waals surface area contributed by atoms with Gasteiger partial charge in [-0.05, 0) is 25.3 Å². The van der Waals surface area contributed by atoms with E-state index in [1.54, 1.807) is 13.2 Å². The van der Waals surface area contributed by atoms with Crippen LogP contribution in [0.2, 0.25) is 0 Å². The van der Waals surface area contributed by atoms with Gasteiger partial charge in [0.25, 0.3) is 10.0 Å². The first-order valence-electron chi connectivity index (χ1n) is 7.06. The molecule has 1 unspecified atom stereocenters. The van der Waals surface area contributed by atoms with Gasteiger partial charge in [0.15, 0.2) is 5.03 Å². The van der Waals surface area contributed by atoms with E-state index < -0.39 is 10.0 Å². The summed E-state index contributed by atoms with van der Waals surface area (Å²) in [6, 6.07) is -0.0213. The van der Waals surface area contributed by atoms with Gasteiger partial charge in [0.1, 0.15) is 0 Å². The summed E-state index contributed by atoms with van der Waals surface area (Å²) in [5.74, 6) is 0. The van der Waals surface area contributed by atoms with Crippen LogP contribution in [0.25, 0.3) is 0 Å². The highest BCUT2D eigenvalue weighted by Crippen LogP contribution is 2.36. The molecule has 1 aromatic rings. The highest BCUT2D eigenvalue weighted by atomic mass is 32.2. The van der Waals surface area contributed by atoms with Crippen molar-refractivity contribution >= 4 is 10.0 Å². The van der Waals surface area contributed by atoms with Gasteiger partial charge in [-0.3, -0.25) is 5.10 Å². The third kappa shape index (κ3) is 3.21. The van der Waals surface area contributed by atoms with Crippen molar-refractivity contribution in [2.45, 2.75) is 57.1 Å². The number of hydrogen-bond acceptors (Lipinski definition) is 4. The Hall–Kier alpha value is -0.920. The molecule has 0 bridgehead atoms. The van der Waals surface area contributed by atoms with Gasteiger partial charge in [0, 0.05) is 18.2 Å². The average Bonchev–Trinajstić information content (AvgIpc) is 2.81. The van der Waals surface area contributed by atoms with E-state index in [0.29, 0.717) is 12.1 Å². The second-order valence-corrected chi connectivity index (χ2v) is 7.81. The SMILES string of the molecule is CNCc1cn[nH]c1S(=O)(=O)NC1CCCCC1(C)C. The summed E-state index contributed by atoms with van der Waals surface area (Å²) in [4.78, 5) is 0. The molecule has 0 radical (unpaired) electrons. The highest BCUT2D eigenvalue weighted by Gasteiger charge is 2.36. The molecule has 0 amide bonds. The van der Waals surface area contributed by atoms with Gasteiger partial charge < -0.3 is 5.32 Å². The number of nitrogens with zero attached hydrogens (tertiary/aromatic N) is 1. The molecule has 1 fully saturated rings. The van der Waals surface area contributed by atoms with Crippen molar-refractivity contribution in [2.75, 3.05) is 7.05 Å². The summed E-state index contributed by atoms with van der Waals surface area (Å²) in [5, 5.41) is 9.58. The molecule has 1 aliphatic carbocycles. The summed E-state index contributed by atoms with van der Waals surface area (Å²) < 4.78 is 27.9. The lowest BCUT2D eigenvalue weighted by Gasteiger charge is -2.38. The van der Waals surface area contributed by atoms with Crippen molar-refractivity contribution in [3.63, 3.8) is 0 Å². The minimum absolute atomic E-state index is 0.00545. The number of nitrogens with one attached hydrogen (secondary N) is 3. The van der Waals surface area contributed by atoms with E-state index in [0.717, 1.165) is 19.3 Å². The summed E-state index contributed by atoms with van der Waals surface area (Å²) in [5.41, 5.74) is 0.655. The molecule has 2 rings (SSSR count). The molecule has 7 heteroatoms. The van der Waals surface area contributed by atoms with Crippen molar-refractivity contribution in [3.05, 3.63) is 11.8 Å². The van der Waals surface area contributed by atoms with Crippen LogP contribution in [0.5, 0.6) is 0 Å². The Bertz CT molecular complexity index is 550. The standard InChI is InChI=1S/C13H24N4O2S/c1-13(2)7-5-4-6-11(13)17-20(18,19)12-10(8-14-3)9-15-16-12/h9,11,14,17H,4-8H2,1-3H3,(H,15,16). The van der Waals surface area contributed by atoms with Crippen LogP contribution in [-0.4, -0.2) is 31.7 Å². The fourth-order valence-corrected chi connectivity index (χ4v) is 4.38. The molecule has 1 saturated carbocycles. The zero-order valence-corrected chi connectivity index (χ0v) is 13.2. The molecular formula is C13H24N4O2S. The van der Waals surface area contributed by atoms with Crippen LogP contribution in [0.3, 0.4) is 0 Å². The van der Waals surface area contributed by atoms with Gasteiger partial charge in [-0.25, -0.2) is 13.1 Å². The lowest BCUT2D eigenvalue weighted by atomic mass is 9.74. The van der Waals surface area contributed by atoms with Gasteiger partial charge in [0.2, 0.25) is 0 Å². The quantitative estimate of drug-likeness (QED) is 0.766. The Kier molecular flexibility index (Phi) is 4.51. The van der Waals surface area contributed by atoms with Crippen LogP contribution < -0.4 is 10.0 Å². The van der Waals surface area contributed by atoms with Crippen LogP contribution in [-0.2, 0) is 16.6 Å². The monoisotopic (exact) mass is 300 g/mol. The molecule has 20 heavy (non-hydrogen) atoms. The maximum absolute atomic E-state index is 12.5. The van der Waals surface area contributed by atoms with Gasteiger partial charge in [0.05, 0.1) is 6.20 Å². The van der Waals surface area contributed by atoms with Gasteiger partial charge in [-0.2, -0.15) is 5.10 Å². The van der Waals surface area contributed by atoms with Crippen LogP contribution in [0, 0.1) is 5.41 Å². The predicted molar refractivity (Wildman–Crippen MR) is 77.7 cm³/mol. The van der Waals surface area contributed by atoms with Crippen LogP contribution in [0.4, 0.5) is 0 Å². The Balaban J connectivity index is 2.20. The first-order valence-corrected chi connectivity index (χ1v) is 8.54. The molecule has 1 atom stereocenters. The average molecular weight is 300 g/mol. The maximum Gasteiger partial charge on any atom is 0.258 e. The van der Waals surface area contributed by atoms with Crippen LogP contribution >= 0.6 is 0 Å². The Morgan fingerprint density at radius 3 is 2.85 bits per heavy atom. The van der Waals surface area contributed by atoms with Crippen LogP contribution in [0.15, 0.2) is 11.2 Å². The van der Waals surface area contributed by atoms with E-state index >= 15 is 0 Å². The number of rotatable bonds is 5. The number of aromatic amines is 1. The molecular weight excluding hydrogens is 276 g/mol. The number of hydrogen-bond donors (Lipinski definition) is 3. The minimum atomic E-state index is -3.55. The van der Waals surface area contributed by atoms with Crippen molar-refractivity contribution < 1.29 is 8.42 Å². The van der Waals surface area contributed by atoms with Crippen molar-refractivity contribution in [3.8, 4) is 0 Å². The lowest BCUT2D eigenvalue weighted by Crippen LogP contribution is -2.47. The van der Waals surface area contributed by atoms with Crippen molar-refractivity contribution in [2.24, 2.45) is 5.41 Å². The van der Waals surface area contributed by atoms with Gasteiger partial charge >= 0.3 is 0 Å². The van der Waals surface area contributed by atoms with Crippen molar-refractivity contribution in [1.29, 1.82) is 0 Å². The summed E-state index contributed by atoms with van der Waals surface area (Å²) in [6.07, 6.45) is 5.73. The minimum Gasteiger partial charge on any atom is -0.316 e. The Labute approximate surface area is 120 Å². The van der Waals surface area contributed by atoms with Crippen LogP contribution in [0.1, 0.15) is 45.1 Å². The molecule has 0 aliphatic heterocycles.